The van der Waals surface area contributed by atoms with E-state index in [1.807, 2.05) is 25.8 Å². The van der Waals surface area contributed by atoms with Crippen molar-refractivity contribution in [3.05, 3.63) is 74.9 Å². The van der Waals surface area contributed by atoms with Crippen LogP contribution >= 0.6 is 11.6 Å². The first kappa shape index (κ1) is 29.9. The summed E-state index contributed by atoms with van der Waals surface area (Å²) in [6.45, 7) is 5.55. The van der Waals surface area contributed by atoms with Crippen molar-refractivity contribution >= 4 is 28.9 Å². The van der Waals surface area contributed by atoms with E-state index in [0.717, 1.165) is 19.0 Å². The standard InChI is InChI=1S/C30H31ClF4N4O3/c1-16-13-39(14-17(2)38(16)3)26-11-24(32)20(19-6-7-27(23(31)8-19)42-15-18-4-5-18)9-25(26)37-29(41)21-12-36-28(40)10-22(21)30(33,34)35/h6-12,16-18H,4-5,13-15H2,1-3H3,(H,36,40)(H,37,41). The van der Waals surface area contributed by atoms with Gasteiger partial charge in [-0.05, 0) is 69.5 Å². The van der Waals surface area contributed by atoms with Crippen LogP contribution in [0.1, 0.15) is 42.6 Å². The zero-order chi connectivity index (χ0) is 30.3. The van der Waals surface area contributed by atoms with E-state index in [0.29, 0.717) is 48.7 Å². The minimum absolute atomic E-state index is 0.0815. The van der Waals surface area contributed by atoms with Gasteiger partial charge in [-0.1, -0.05) is 17.7 Å². The van der Waals surface area contributed by atoms with Gasteiger partial charge < -0.3 is 19.9 Å². The van der Waals surface area contributed by atoms with Gasteiger partial charge in [0.1, 0.15) is 11.6 Å². The van der Waals surface area contributed by atoms with Crippen LogP contribution in [0.4, 0.5) is 28.9 Å². The van der Waals surface area contributed by atoms with Crippen LogP contribution in [-0.2, 0) is 6.18 Å². The van der Waals surface area contributed by atoms with Crippen LogP contribution in [0.5, 0.6) is 5.75 Å². The van der Waals surface area contributed by atoms with E-state index >= 15 is 4.39 Å². The van der Waals surface area contributed by atoms with Crippen LogP contribution in [0, 0.1) is 11.7 Å². The molecule has 0 radical (unpaired) electrons. The number of nitrogens with zero attached hydrogens (tertiary/aromatic N) is 2. The Morgan fingerprint density at radius 1 is 1.12 bits per heavy atom. The fourth-order valence-corrected chi connectivity index (χ4v) is 5.34. The summed E-state index contributed by atoms with van der Waals surface area (Å²) in [6.07, 6.45) is -2.00. The molecule has 7 nitrogen and oxygen atoms in total. The average Bonchev–Trinajstić information content (AvgIpc) is 3.75. The summed E-state index contributed by atoms with van der Waals surface area (Å²) in [5.41, 5.74) is -2.20. The molecular weight excluding hydrogens is 576 g/mol. The predicted octanol–water partition coefficient (Wildman–Crippen LogP) is 6.42. The Morgan fingerprint density at radius 2 is 1.81 bits per heavy atom. The maximum absolute atomic E-state index is 15.7. The molecule has 2 heterocycles. The molecule has 5 rings (SSSR count). The minimum Gasteiger partial charge on any atom is -0.492 e. The second kappa shape index (κ2) is 11.6. The highest BCUT2D eigenvalue weighted by atomic mass is 35.5. The molecule has 2 N–H and O–H groups in total. The summed E-state index contributed by atoms with van der Waals surface area (Å²) in [5.74, 6) is -0.715. The number of ether oxygens (including phenoxy) is 1. The van der Waals surface area contributed by atoms with Crippen LogP contribution in [0.25, 0.3) is 11.1 Å². The van der Waals surface area contributed by atoms with Gasteiger partial charge in [-0.2, -0.15) is 13.2 Å². The van der Waals surface area contributed by atoms with Gasteiger partial charge in [-0.3, -0.25) is 14.5 Å². The van der Waals surface area contributed by atoms with Gasteiger partial charge in [0, 0.05) is 43.0 Å². The molecule has 2 aromatic carbocycles. The summed E-state index contributed by atoms with van der Waals surface area (Å²) in [6, 6.07) is 8.01. The van der Waals surface area contributed by atoms with Crippen molar-refractivity contribution in [1.29, 1.82) is 0 Å². The van der Waals surface area contributed by atoms with E-state index in [2.05, 4.69) is 15.2 Å². The van der Waals surface area contributed by atoms with Crippen molar-refractivity contribution in [2.75, 3.05) is 37.0 Å². The molecule has 2 unspecified atom stereocenters. The molecule has 0 spiro atoms. The molecule has 2 fully saturated rings. The van der Waals surface area contributed by atoms with Gasteiger partial charge in [0.25, 0.3) is 5.91 Å². The SMILES string of the molecule is CC1CN(c2cc(F)c(-c3ccc(OCC4CC4)c(Cl)c3)cc2NC(=O)c2c[nH]c(=O)cc2C(F)(F)F)CC(C)N1C. The summed E-state index contributed by atoms with van der Waals surface area (Å²) < 4.78 is 62.7. The number of benzene rings is 2. The van der Waals surface area contributed by atoms with Crippen molar-refractivity contribution in [2.45, 2.75) is 44.9 Å². The van der Waals surface area contributed by atoms with Gasteiger partial charge in [-0.15, -0.1) is 0 Å². The van der Waals surface area contributed by atoms with Crippen molar-refractivity contribution < 1.29 is 27.1 Å². The number of aromatic nitrogens is 1. The van der Waals surface area contributed by atoms with Crippen molar-refractivity contribution in [2.24, 2.45) is 5.92 Å². The summed E-state index contributed by atoms with van der Waals surface area (Å²) in [5, 5.41) is 2.84. The van der Waals surface area contributed by atoms with Gasteiger partial charge in [0.2, 0.25) is 5.56 Å². The molecule has 1 aliphatic carbocycles. The number of nitrogens with one attached hydrogen (secondary N) is 2. The first-order chi connectivity index (χ1) is 19.8. The summed E-state index contributed by atoms with van der Waals surface area (Å²) in [7, 11) is 1.98. The Morgan fingerprint density at radius 3 is 2.43 bits per heavy atom. The normalized spacial score (nSPS) is 19.6. The number of rotatable bonds is 7. The lowest BCUT2D eigenvalue weighted by molar-refractivity contribution is -0.138. The molecule has 224 valence electrons. The largest absolute Gasteiger partial charge is 0.492 e. The number of piperazine rings is 1. The zero-order valence-electron chi connectivity index (χ0n) is 23.3. The van der Waals surface area contributed by atoms with E-state index in [9.17, 15) is 22.8 Å². The molecule has 0 bridgehead atoms. The lowest BCUT2D eigenvalue weighted by Crippen LogP contribution is -2.55. The average molecular weight is 607 g/mol. The maximum atomic E-state index is 15.7. The minimum atomic E-state index is -4.94. The second-order valence-electron chi connectivity index (χ2n) is 11.1. The van der Waals surface area contributed by atoms with Crippen LogP contribution < -0.4 is 20.5 Å². The number of likely N-dealkylation sites (N-methyl/N-ethyl adjacent to an activating group) is 1. The quantitative estimate of drug-likeness (QED) is 0.304. The van der Waals surface area contributed by atoms with Crippen LogP contribution in [0.2, 0.25) is 5.02 Å². The third-order valence-corrected chi connectivity index (χ3v) is 8.22. The number of hydrogen-bond donors (Lipinski definition) is 2. The number of hydrogen-bond acceptors (Lipinski definition) is 5. The third kappa shape index (κ3) is 6.42. The molecule has 2 atom stereocenters. The Bertz CT molecular complexity index is 1540. The molecule has 1 aliphatic heterocycles. The van der Waals surface area contributed by atoms with E-state index < -0.39 is 34.6 Å². The third-order valence-electron chi connectivity index (χ3n) is 7.92. The number of halogens is 5. The smallest absolute Gasteiger partial charge is 0.417 e. The number of carbonyl (C=O) groups excluding carboxylic acids is 1. The lowest BCUT2D eigenvalue weighted by Gasteiger charge is -2.44. The fourth-order valence-electron chi connectivity index (χ4n) is 5.11. The van der Waals surface area contributed by atoms with Gasteiger partial charge in [0.05, 0.1) is 34.1 Å². The zero-order valence-corrected chi connectivity index (χ0v) is 24.1. The first-order valence-electron chi connectivity index (χ1n) is 13.7. The Hall–Kier alpha value is -3.57. The number of anilines is 2. The molecule has 2 aliphatic rings. The number of amides is 1. The molecule has 1 aromatic heterocycles. The second-order valence-corrected chi connectivity index (χ2v) is 11.5. The van der Waals surface area contributed by atoms with Gasteiger partial charge >= 0.3 is 6.18 Å². The lowest BCUT2D eigenvalue weighted by atomic mass is 10.0. The highest BCUT2D eigenvalue weighted by Gasteiger charge is 2.36. The van der Waals surface area contributed by atoms with Crippen molar-refractivity contribution in [3.8, 4) is 16.9 Å². The highest BCUT2D eigenvalue weighted by molar-refractivity contribution is 6.32. The molecule has 1 saturated heterocycles. The van der Waals surface area contributed by atoms with Gasteiger partial charge in [-0.25, -0.2) is 4.39 Å². The van der Waals surface area contributed by atoms with Crippen LogP contribution in [0.3, 0.4) is 0 Å². The number of carbonyl (C=O) groups is 1. The predicted molar refractivity (Wildman–Crippen MR) is 154 cm³/mol. The van der Waals surface area contributed by atoms with Gasteiger partial charge in [0.15, 0.2) is 0 Å². The maximum Gasteiger partial charge on any atom is 0.417 e. The van der Waals surface area contributed by atoms with Crippen molar-refractivity contribution in [1.82, 2.24) is 9.88 Å². The molecule has 1 amide bonds. The monoisotopic (exact) mass is 606 g/mol. The van der Waals surface area contributed by atoms with E-state index in [-0.39, 0.29) is 28.4 Å². The van der Waals surface area contributed by atoms with Crippen LogP contribution in [-0.4, -0.2) is 54.6 Å². The number of H-pyrrole nitrogens is 1. The molecule has 3 aromatic rings. The number of alkyl halides is 3. The van der Waals surface area contributed by atoms with Crippen LogP contribution in [0.15, 0.2) is 47.4 Å². The summed E-state index contributed by atoms with van der Waals surface area (Å²) >= 11 is 6.45. The number of pyridine rings is 1. The van der Waals surface area contributed by atoms with E-state index in [1.165, 1.54) is 12.1 Å². The Balaban J connectivity index is 1.55. The Labute approximate surface area is 245 Å². The molecule has 12 heteroatoms. The molecular formula is C30H31ClF4N4O3. The highest BCUT2D eigenvalue weighted by Crippen LogP contribution is 2.39. The summed E-state index contributed by atoms with van der Waals surface area (Å²) in [4.78, 5) is 31.1. The fraction of sp³-hybridized carbons (Fsp3) is 0.400. The first-order valence-corrected chi connectivity index (χ1v) is 14.0. The molecule has 42 heavy (non-hydrogen) atoms. The Kier molecular flexibility index (Phi) is 8.26. The van der Waals surface area contributed by atoms with Crippen molar-refractivity contribution in [3.63, 3.8) is 0 Å². The van der Waals surface area contributed by atoms with E-state index in [1.54, 1.807) is 18.2 Å². The van der Waals surface area contributed by atoms with E-state index in [4.69, 9.17) is 16.3 Å². The topological polar surface area (TPSA) is 77.7 Å². The number of aromatic amines is 1. The molecule has 1 saturated carbocycles.